The van der Waals surface area contributed by atoms with Gasteiger partial charge < -0.3 is 9.64 Å². The van der Waals surface area contributed by atoms with Crippen LogP contribution in [-0.2, 0) is 6.54 Å². The fraction of sp³-hybridized carbons (Fsp3) is 0.273. The number of aromatic nitrogens is 2. The third-order valence-electron chi connectivity index (χ3n) is 5.24. The first-order valence-electron chi connectivity index (χ1n) is 9.69. The molecule has 0 unspecified atom stereocenters. The zero-order valence-corrected chi connectivity index (χ0v) is 18.1. The lowest BCUT2D eigenvalue weighted by Crippen LogP contribution is -2.48. The normalized spacial score (nSPS) is 14.7. The molecule has 1 aromatic heterocycles. The van der Waals surface area contributed by atoms with Gasteiger partial charge in [0.05, 0.1) is 22.8 Å². The van der Waals surface area contributed by atoms with Gasteiger partial charge in [-0.3, -0.25) is 14.8 Å². The number of nitrogens with one attached hydrogen (secondary N) is 1. The maximum absolute atomic E-state index is 12.9. The fourth-order valence-electron chi connectivity index (χ4n) is 3.52. The number of hydrogen-bond donors (Lipinski definition) is 1. The van der Waals surface area contributed by atoms with Crippen LogP contribution in [-0.4, -0.2) is 59.2 Å². The summed E-state index contributed by atoms with van der Waals surface area (Å²) in [5.41, 5.74) is 3.28. The molecule has 0 atom stereocenters. The Kier molecular flexibility index (Phi) is 6.27. The van der Waals surface area contributed by atoms with Crippen molar-refractivity contribution in [2.24, 2.45) is 0 Å². The molecule has 0 bridgehead atoms. The standard InChI is InChI=1S/C22H22Cl2N4O2/c1-30-17-5-3-16(4-6-17)20-13-21(26-25-20)22(29)28-10-8-27(9-11-28)14-15-2-7-18(23)19(24)12-15/h2-7,12-13H,8-11,14H2,1H3,(H,25,26). The van der Waals surface area contributed by atoms with Crippen LogP contribution >= 0.6 is 23.2 Å². The number of piperazine rings is 1. The van der Waals surface area contributed by atoms with Crippen LogP contribution in [0.15, 0.2) is 48.5 Å². The molecule has 0 radical (unpaired) electrons. The molecular formula is C22H22Cl2N4O2. The molecule has 0 spiro atoms. The summed E-state index contributed by atoms with van der Waals surface area (Å²) in [6, 6.07) is 15.1. The average Bonchev–Trinajstić information content (AvgIpc) is 3.27. The van der Waals surface area contributed by atoms with Crippen LogP contribution in [0.25, 0.3) is 11.3 Å². The lowest BCUT2D eigenvalue weighted by atomic mass is 10.1. The van der Waals surface area contributed by atoms with Gasteiger partial charge in [-0.25, -0.2) is 0 Å². The summed E-state index contributed by atoms with van der Waals surface area (Å²) in [6.45, 7) is 3.70. The number of benzene rings is 2. The minimum atomic E-state index is -0.0311. The lowest BCUT2D eigenvalue weighted by molar-refractivity contribution is 0.0622. The Bertz CT molecular complexity index is 1030. The van der Waals surface area contributed by atoms with Crippen molar-refractivity contribution >= 4 is 29.1 Å². The van der Waals surface area contributed by atoms with Gasteiger partial charge in [0.15, 0.2) is 0 Å². The van der Waals surface area contributed by atoms with Crippen molar-refractivity contribution in [3.8, 4) is 17.0 Å². The van der Waals surface area contributed by atoms with E-state index in [1.807, 2.05) is 47.4 Å². The summed E-state index contributed by atoms with van der Waals surface area (Å²) in [4.78, 5) is 17.0. The number of amides is 1. The minimum Gasteiger partial charge on any atom is -0.497 e. The van der Waals surface area contributed by atoms with Crippen molar-refractivity contribution in [2.75, 3.05) is 33.3 Å². The van der Waals surface area contributed by atoms with Gasteiger partial charge in [-0.1, -0.05) is 29.3 Å². The van der Waals surface area contributed by atoms with E-state index in [2.05, 4.69) is 15.1 Å². The van der Waals surface area contributed by atoms with E-state index in [-0.39, 0.29) is 5.91 Å². The number of methoxy groups -OCH3 is 1. The largest absolute Gasteiger partial charge is 0.497 e. The number of aromatic amines is 1. The lowest BCUT2D eigenvalue weighted by Gasteiger charge is -2.34. The minimum absolute atomic E-state index is 0.0311. The van der Waals surface area contributed by atoms with E-state index in [9.17, 15) is 4.79 Å². The highest BCUT2D eigenvalue weighted by Crippen LogP contribution is 2.24. The van der Waals surface area contributed by atoms with E-state index in [0.29, 0.717) is 28.8 Å². The number of rotatable bonds is 5. The van der Waals surface area contributed by atoms with Crippen LogP contribution in [0.2, 0.25) is 10.0 Å². The van der Waals surface area contributed by atoms with Gasteiger partial charge in [0, 0.05) is 38.3 Å². The highest BCUT2D eigenvalue weighted by molar-refractivity contribution is 6.42. The number of hydrogen-bond acceptors (Lipinski definition) is 4. The van der Waals surface area contributed by atoms with Crippen molar-refractivity contribution in [2.45, 2.75) is 6.54 Å². The van der Waals surface area contributed by atoms with Crippen molar-refractivity contribution in [3.05, 3.63) is 69.8 Å². The predicted octanol–water partition coefficient (Wildman–Crippen LogP) is 4.35. The quantitative estimate of drug-likeness (QED) is 0.635. The number of halogens is 2. The SMILES string of the molecule is COc1ccc(-c2cc(C(=O)N3CCN(Cc4ccc(Cl)c(Cl)c4)CC3)[nH]n2)cc1. The summed E-state index contributed by atoms with van der Waals surface area (Å²) in [6.07, 6.45) is 0. The summed E-state index contributed by atoms with van der Waals surface area (Å²) >= 11 is 12.1. The third kappa shape index (κ3) is 4.61. The molecule has 6 nitrogen and oxygen atoms in total. The topological polar surface area (TPSA) is 61.5 Å². The molecular weight excluding hydrogens is 423 g/mol. The first kappa shape index (κ1) is 20.7. The molecule has 1 saturated heterocycles. The van der Waals surface area contributed by atoms with E-state index in [1.54, 1.807) is 13.2 Å². The Balaban J connectivity index is 1.35. The van der Waals surface area contributed by atoms with Gasteiger partial charge in [0.2, 0.25) is 0 Å². The van der Waals surface area contributed by atoms with Gasteiger partial charge in [0.1, 0.15) is 11.4 Å². The molecule has 0 aliphatic carbocycles. The molecule has 4 rings (SSSR count). The van der Waals surface area contributed by atoms with E-state index in [1.165, 1.54) is 0 Å². The fourth-order valence-corrected chi connectivity index (χ4v) is 3.84. The number of nitrogens with zero attached hydrogens (tertiary/aromatic N) is 3. The Morgan fingerprint density at radius 3 is 2.43 bits per heavy atom. The molecule has 156 valence electrons. The summed E-state index contributed by atoms with van der Waals surface area (Å²) in [7, 11) is 1.63. The molecule has 3 aromatic rings. The van der Waals surface area contributed by atoms with Gasteiger partial charge in [0.25, 0.3) is 5.91 Å². The van der Waals surface area contributed by atoms with Gasteiger partial charge in [-0.05, 0) is 48.0 Å². The molecule has 8 heteroatoms. The second-order valence-electron chi connectivity index (χ2n) is 7.21. The van der Waals surface area contributed by atoms with E-state index in [4.69, 9.17) is 27.9 Å². The first-order chi connectivity index (χ1) is 14.5. The molecule has 2 aromatic carbocycles. The van der Waals surface area contributed by atoms with Crippen molar-refractivity contribution in [1.82, 2.24) is 20.0 Å². The van der Waals surface area contributed by atoms with Gasteiger partial charge in [-0.2, -0.15) is 5.10 Å². The summed E-state index contributed by atoms with van der Waals surface area (Å²) < 4.78 is 5.18. The van der Waals surface area contributed by atoms with Crippen molar-refractivity contribution in [3.63, 3.8) is 0 Å². The molecule has 0 saturated carbocycles. The molecule has 1 aliphatic heterocycles. The number of ether oxygens (including phenoxy) is 1. The molecule has 1 aliphatic rings. The van der Waals surface area contributed by atoms with E-state index < -0.39 is 0 Å². The zero-order chi connectivity index (χ0) is 21.1. The second-order valence-corrected chi connectivity index (χ2v) is 8.03. The van der Waals surface area contributed by atoms with Crippen LogP contribution in [0.3, 0.4) is 0 Å². The Hall–Kier alpha value is -2.54. The molecule has 1 N–H and O–H groups in total. The maximum Gasteiger partial charge on any atom is 0.271 e. The van der Waals surface area contributed by atoms with Gasteiger partial charge in [-0.15, -0.1) is 0 Å². The summed E-state index contributed by atoms with van der Waals surface area (Å²) in [5, 5.41) is 8.30. The van der Waals surface area contributed by atoms with Crippen LogP contribution in [0.5, 0.6) is 5.75 Å². The molecule has 1 amide bonds. The molecule has 2 heterocycles. The smallest absolute Gasteiger partial charge is 0.271 e. The highest BCUT2D eigenvalue weighted by atomic mass is 35.5. The maximum atomic E-state index is 12.9. The first-order valence-corrected chi connectivity index (χ1v) is 10.4. The highest BCUT2D eigenvalue weighted by Gasteiger charge is 2.24. The number of carbonyl (C=O) groups is 1. The Labute approximate surface area is 185 Å². The second kappa shape index (κ2) is 9.08. The monoisotopic (exact) mass is 444 g/mol. The average molecular weight is 445 g/mol. The van der Waals surface area contributed by atoms with Crippen LogP contribution in [0, 0.1) is 0 Å². The van der Waals surface area contributed by atoms with Crippen molar-refractivity contribution < 1.29 is 9.53 Å². The van der Waals surface area contributed by atoms with E-state index in [0.717, 1.165) is 42.2 Å². The Morgan fingerprint density at radius 1 is 1.03 bits per heavy atom. The van der Waals surface area contributed by atoms with Crippen LogP contribution < -0.4 is 4.74 Å². The molecule has 30 heavy (non-hydrogen) atoms. The molecule has 1 fully saturated rings. The van der Waals surface area contributed by atoms with E-state index >= 15 is 0 Å². The van der Waals surface area contributed by atoms with Crippen LogP contribution in [0.4, 0.5) is 0 Å². The third-order valence-corrected chi connectivity index (χ3v) is 5.98. The predicted molar refractivity (Wildman–Crippen MR) is 118 cm³/mol. The zero-order valence-electron chi connectivity index (χ0n) is 16.6. The number of H-pyrrole nitrogens is 1. The van der Waals surface area contributed by atoms with Crippen molar-refractivity contribution in [1.29, 1.82) is 0 Å². The van der Waals surface area contributed by atoms with Gasteiger partial charge >= 0.3 is 0 Å². The summed E-state index contributed by atoms with van der Waals surface area (Å²) in [5.74, 6) is 0.751. The number of carbonyl (C=O) groups excluding carboxylic acids is 1. The van der Waals surface area contributed by atoms with Crippen LogP contribution in [0.1, 0.15) is 16.1 Å². The Morgan fingerprint density at radius 2 is 1.77 bits per heavy atom.